The third kappa shape index (κ3) is 4.33. The monoisotopic (exact) mass is 356 g/mol. The quantitative estimate of drug-likeness (QED) is 0.876. The Kier molecular flexibility index (Phi) is 5.44. The van der Waals surface area contributed by atoms with Crippen LogP contribution in [-0.4, -0.2) is 31.6 Å². The number of hydrogen-bond donors (Lipinski definition) is 2. The fourth-order valence-corrected chi connectivity index (χ4v) is 2.93. The molecule has 0 radical (unpaired) electrons. The molecule has 1 aliphatic heterocycles. The predicted molar refractivity (Wildman–Crippen MR) is 99.2 cm³/mol. The minimum absolute atomic E-state index is 0.302. The summed E-state index contributed by atoms with van der Waals surface area (Å²) in [6.45, 7) is 4.09. The fourth-order valence-electron chi connectivity index (χ4n) is 2.93. The van der Waals surface area contributed by atoms with E-state index >= 15 is 0 Å². The van der Waals surface area contributed by atoms with Gasteiger partial charge in [-0.15, -0.1) is 0 Å². The third-order valence-corrected chi connectivity index (χ3v) is 4.19. The van der Waals surface area contributed by atoms with Gasteiger partial charge in [0.1, 0.15) is 11.9 Å². The zero-order valence-corrected chi connectivity index (χ0v) is 15.2. The molecular weight excluding hydrogens is 332 g/mol. The summed E-state index contributed by atoms with van der Waals surface area (Å²) in [5.41, 5.74) is 1.59. The first-order valence-corrected chi connectivity index (χ1v) is 8.56. The maximum atomic E-state index is 12.5. The van der Waals surface area contributed by atoms with Gasteiger partial charge in [-0.3, -0.25) is 0 Å². The van der Waals surface area contributed by atoms with E-state index in [0.29, 0.717) is 18.0 Å². The van der Waals surface area contributed by atoms with Crippen LogP contribution in [0.15, 0.2) is 54.6 Å². The summed E-state index contributed by atoms with van der Waals surface area (Å²) in [5.74, 6) is -0.114. The van der Waals surface area contributed by atoms with Crippen LogP contribution >= 0.6 is 0 Å². The predicted octanol–water partition coefficient (Wildman–Crippen LogP) is 3.71. The number of amides is 2. The van der Waals surface area contributed by atoms with E-state index in [0.717, 1.165) is 5.56 Å². The van der Waals surface area contributed by atoms with E-state index in [2.05, 4.69) is 10.6 Å². The summed E-state index contributed by atoms with van der Waals surface area (Å²) in [6, 6.07) is 16.4. The number of urea groups is 1. The first-order valence-electron chi connectivity index (χ1n) is 8.56. The Morgan fingerprint density at radius 3 is 2.54 bits per heavy atom. The molecule has 2 amide bonds. The Morgan fingerprint density at radius 2 is 1.81 bits per heavy atom. The lowest BCUT2D eigenvalue weighted by Gasteiger charge is -2.41. The molecule has 3 rings (SSSR count). The first kappa shape index (κ1) is 18.2. The number of anilines is 1. The Balaban J connectivity index is 1.73. The number of nitrogens with one attached hydrogen (secondary N) is 2. The largest absolute Gasteiger partial charge is 0.495 e. The van der Waals surface area contributed by atoms with Crippen LogP contribution in [0.25, 0.3) is 0 Å². The molecule has 0 unspecified atom stereocenters. The van der Waals surface area contributed by atoms with Crippen LogP contribution in [-0.2, 0) is 9.47 Å². The number of carbonyl (C=O) groups excluding carboxylic acids is 1. The molecule has 26 heavy (non-hydrogen) atoms. The van der Waals surface area contributed by atoms with Gasteiger partial charge < -0.3 is 24.8 Å². The lowest BCUT2D eigenvalue weighted by molar-refractivity contribution is -0.284. The van der Waals surface area contributed by atoms with Crippen LogP contribution in [0.4, 0.5) is 10.5 Å². The van der Waals surface area contributed by atoms with Gasteiger partial charge in [-0.2, -0.15) is 0 Å². The number of carbonyl (C=O) groups is 1. The number of hydrogen-bond acceptors (Lipinski definition) is 4. The normalized spacial score (nSPS) is 21.7. The maximum absolute atomic E-state index is 12.5. The highest BCUT2D eigenvalue weighted by atomic mass is 16.7. The molecule has 1 heterocycles. The number of benzene rings is 2. The molecule has 2 N–H and O–H groups in total. The van der Waals surface area contributed by atoms with Crippen LogP contribution < -0.4 is 15.4 Å². The minimum Gasteiger partial charge on any atom is -0.495 e. The van der Waals surface area contributed by atoms with Crippen molar-refractivity contribution in [3.8, 4) is 5.75 Å². The lowest BCUT2D eigenvalue weighted by atomic mass is 10.0. The molecule has 6 nitrogen and oxygen atoms in total. The van der Waals surface area contributed by atoms with Crippen molar-refractivity contribution in [2.45, 2.75) is 31.8 Å². The number of methoxy groups -OCH3 is 1. The van der Waals surface area contributed by atoms with Crippen LogP contribution in [0.2, 0.25) is 0 Å². The molecule has 2 aromatic carbocycles. The van der Waals surface area contributed by atoms with Crippen molar-refractivity contribution in [1.29, 1.82) is 0 Å². The van der Waals surface area contributed by atoms with E-state index in [-0.39, 0.29) is 18.2 Å². The number of para-hydroxylation sites is 2. The standard InChI is InChI=1S/C20H24N2O4/c1-20(2)25-13-16(18(26-20)14-9-5-4-6-10-14)22-19(23)21-15-11-7-8-12-17(15)24-3/h4-12,16,18H,13H2,1-3H3,(H2,21,22,23)/t16-,18-/m0/s1. The summed E-state index contributed by atoms with van der Waals surface area (Å²) in [5, 5.41) is 5.76. The maximum Gasteiger partial charge on any atom is 0.319 e. The van der Waals surface area contributed by atoms with Crippen molar-refractivity contribution >= 4 is 11.7 Å². The summed E-state index contributed by atoms with van der Waals surface area (Å²) in [6.07, 6.45) is -0.302. The Hall–Kier alpha value is -2.57. The van der Waals surface area contributed by atoms with Crippen molar-refractivity contribution in [3.63, 3.8) is 0 Å². The zero-order valence-electron chi connectivity index (χ0n) is 15.2. The van der Waals surface area contributed by atoms with Crippen LogP contribution in [0.5, 0.6) is 5.75 Å². The van der Waals surface area contributed by atoms with Gasteiger partial charge in [0, 0.05) is 0 Å². The highest BCUT2D eigenvalue weighted by Crippen LogP contribution is 2.33. The second-order valence-corrected chi connectivity index (χ2v) is 6.57. The van der Waals surface area contributed by atoms with Gasteiger partial charge in [-0.25, -0.2) is 4.79 Å². The molecule has 1 fully saturated rings. The van der Waals surface area contributed by atoms with Crippen LogP contribution in [0.1, 0.15) is 25.5 Å². The highest BCUT2D eigenvalue weighted by Gasteiger charge is 2.38. The van der Waals surface area contributed by atoms with E-state index < -0.39 is 5.79 Å². The summed E-state index contributed by atoms with van der Waals surface area (Å²) in [7, 11) is 1.56. The molecule has 0 aromatic heterocycles. The van der Waals surface area contributed by atoms with E-state index in [9.17, 15) is 4.79 Å². The number of ether oxygens (including phenoxy) is 3. The smallest absolute Gasteiger partial charge is 0.319 e. The molecule has 2 atom stereocenters. The minimum atomic E-state index is -0.711. The molecule has 2 aromatic rings. The van der Waals surface area contributed by atoms with E-state index in [1.54, 1.807) is 19.2 Å². The fraction of sp³-hybridized carbons (Fsp3) is 0.350. The van der Waals surface area contributed by atoms with Crippen molar-refractivity contribution in [2.75, 3.05) is 19.0 Å². The van der Waals surface area contributed by atoms with Crippen molar-refractivity contribution < 1.29 is 19.0 Å². The third-order valence-electron chi connectivity index (χ3n) is 4.19. The lowest BCUT2D eigenvalue weighted by Crippen LogP contribution is -2.52. The molecule has 0 aliphatic carbocycles. The van der Waals surface area contributed by atoms with Gasteiger partial charge >= 0.3 is 6.03 Å². The Morgan fingerprint density at radius 1 is 1.12 bits per heavy atom. The molecule has 0 spiro atoms. The molecule has 6 heteroatoms. The number of rotatable bonds is 4. The SMILES string of the molecule is COc1ccccc1NC(=O)N[C@H]1COC(C)(C)O[C@H]1c1ccccc1. The molecule has 138 valence electrons. The second-order valence-electron chi connectivity index (χ2n) is 6.57. The molecular formula is C20H24N2O4. The Bertz CT molecular complexity index is 748. The van der Waals surface area contributed by atoms with Gasteiger partial charge in [0.25, 0.3) is 0 Å². The van der Waals surface area contributed by atoms with Crippen LogP contribution in [0.3, 0.4) is 0 Å². The van der Waals surface area contributed by atoms with Crippen molar-refractivity contribution in [3.05, 3.63) is 60.2 Å². The summed E-state index contributed by atoms with van der Waals surface area (Å²) in [4.78, 5) is 12.5. The average Bonchev–Trinajstić information content (AvgIpc) is 2.64. The van der Waals surface area contributed by atoms with E-state index in [1.807, 2.05) is 56.3 Å². The van der Waals surface area contributed by atoms with Crippen molar-refractivity contribution in [2.24, 2.45) is 0 Å². The summed E-state index contributed by atoms with van der Waals surface area (Å²) < 4.78 is 17.1. The van der Waals surface area contributed by atoms with Gasteiger partial charge in [0.2, 0.25) is 0 Å². The average molecular weight is 356 g/mol. The Labute approximate surface area is 153 Å². The van der Waals surface area contributed by atoms with E-state index in [4.69, 9.17) is 14.2 Å². The first-order chi connectivity index (χ1) is 12.5. The topological polar surface area (TPSA) is 68.8 Å². The summed E-state index contributed by atoms with van der Waals surface area (Å²) >= 11 is 0. The molecule has 0 bridgehead atoms. The van der Waals surface area contributed by atoms with Gasteiger partial charge in [-0.1, -0.05) is 42.5 Å². The molecule has 1 aliphatic rings. The van der Waals surface area contributed by atoms with Gasteiger partial charge in [0.15, 0.2) is 5.79 Å². The van der Waals surface area contributed by atoms with Gasteiger partial charge in [-0.05, 0) is 31.5 Å². The molecule has 0 saturated carbocycles. The molecule has 1 saturated heterocycles. The zero-order chi connectivity index (χ0) is 18.6. The highest BCUT2D eigenvalue weighted by molar-refractivity contribution is 5.91. The van der Waals surface area contributed by atoms with Gasteiger partial charge in [0.05, 0.1) is 25.4 Å². The van der Waals surface area contributed by atoms with E-state index in [1.165, 1.54) is 0 Å². The second kappa shape index (κ2) is 7.76. The van der Waals surface area contributed by atoms with Crippen molar-refractivity contribution in [1.82, 2.24) is 5.32 Å². The van der Waals surface area contributed by atoms with Crippen LogP contribution in [0, 0.1) is 0 Å².